The number of carbonyl (C=O) groups is 2. The zero-order valence-electron chi connectivity index (χ0n) is 13.8. The highest BCUT2D eigenvalue weighted by Crippen LogP contribution is 2.27. The molecule has 0 fully saturated rings. The lowest BCUT2D eigenvalue weighted by Gasteiger charge is -2.24. The van der Waals surface area contributed by atoms with Gasteiger partial charge in [-0.05, 0) is 37.0 Å². The van der Waals surface area contributed by atoms with Crippen molar-refractivity contribution in [1.29, 1.82) is 0 Å². The van der Waals surface area contributed by atoms with E-state index in [1.807, 2.05) is 55.5 Å². The molecule has 2 N–H and O–H groups in total. The summed E-state index contributed by atoms with van der Waals surface area (Å²) in [6.07, 6.45) is 1.64. The van der Waals surface area contributed by atoms with Crippen molar-refractivity contribution in [2.45, 2.75) is 32.7 Å². The summed E-state index contributed by atoms with van der Waals surface area (Å²) < 4.78 is 0. The number of rotatable bonds is 5. The Labute approximate surface area is 142 Å². The third-order valence-corrected chi connectivity index (χ3v) is 4.44. The van der Waals surface area contributed by atoms with Crippen LogP contribution in [0.2, 0.25) is 0 Å². The van der Waals surface area contributed by atoms with Gasteiger partial charge in [-0.15, -0.1) is 0 Å². The number of carbonyl (C=O) groups excluding carboxylic acids is 2. The molecule has 0 aromatic heterocycles. The van der Waals surface area contributed by atoms with Crippen LogP contribution in [0.15, 0.2) is 48.5 Å². The van der Waals surface area contributed by atoms with E-state index in [9.17, 15) is 9.59 Å². The summed E-state index contributed by atoms with van der Waals surface area (Å²) in [6.45, 7) is 2.56. The fourth-order valence-electron chi connectivity index (χ4n) is 2.95. The lowest BCUT2D eigenvalue weighted by molar-refractivity contribution is -0.122. The molecule has 4 nitrogen and oxygen atoms in total. The van der Waals surface area contributed by atoms with Gasteiger partial charge < -0.3 is 10.6 Å². The molecule has 1 aliphatic heterocycles. The van der Waals surface area contributed by atoms with Gasteiger partial charge in [-0.1, -0.05) is 48.0 Å². The highest BCUT2D eigenvalue weighted by Gasteiger charge is 2.26. The number of aryl methyl sites for hydroxylation is 1. The maximum absolute atomic E-state index is 12.1. The Morgan fingerprint density at radius 1 is 1.17 bits per heavy atom. The van der Waals surface area contributed by atoms with Crippen LogP contribution < -0.4 is 10.6 Å². The number of amides is 2. The fraction of sp³-hybridized carbons (Fsp3) is 0.300. The normalized spacial score (nSPS) is 16.2. The quantitative estimate of drug-likeness (QED) is 0.888. The first-order valence-electron chi connectivity index (χ1n) is 8.33. The van der Waals surface area contributed by atoms with Crippen LogP contribution in [0, 0.1) is 12.8 Å². The summed E-state index contributed by atoms with van der Waals surface area (Å²) in [5.41, 5.74) is 4.32. The van der Waals surface area contributed by atoms with E-state index in [0.29, 0.717) is 25.8 Å². The van der Waals surface area contributed by atoms with Crippen LogP contribution in [0.25, 0.3) is 0 Å². The molecule has 0 saturated carbocycles. The molecule has 0 bridgehead atoms. The fourth-order valence-corrected chi connectivity index (χ4v) is 2.95. The van der Waals surface area contributed by atoms with Gasteiger partial charge >= 0.3 is 0 Å². The topological polar surface area (TPSA) is 58.2 Å². The van der Waals surface area contributed by atoms with Crippen molar-refractivity contribution in [2.75, 3.05) is 5.32 Å². The van der Waals surface area contributed by atoms with Crippen LogP contribution >= 0.6 is 0 Å². The molecule has 2 amide bonds. The first kappa shape index (κ1) is 16.2. The Morgan fingerprint density at radius 3 is 2.71 bits per heavy atom. The Balaban J connectivity index is 1.48. The van der Waals surface area contributed by atoms with Crippen LogP contribution in [0.3, 0.4) is 0 Å². The summed E-state index contributed by atoms with van der Waals surface area (Å²) >= 11 is 0. The van der Waals surface area contributed by atoms with E-state index in [1.165, 1.54) is 5.56 Å². The smallest absolute Gasteiger partial charge is 0.227 e. The molecule has 1 aliphatic rings. The molecular formula is C20H22N2O2. The molecule has 24 heavy (non-hydrogen) atoms. The number of anilines is 1. The predicted octanol–water partition coefficient (Wildman–Crippen LogP) is 3.20. The van der Waals surface area contributed by atoms with Crippen molar-refractivity contribution in [3.63, 3.8) is 0 Å². The maximum atomic E-state index is 12.1. The average molecular weight is 322 g/mol. The average Bonchev–Trinajstić information content (AvgIpc) is 2.59. The van der Waals surface area contributed by atoms with E-state index in [4.69, 9.17) is 0 Å². The molecule has 1 atom stereocenters. The molecule has 0 aliphatic carbocycles. The largest absolute Gasteiger partial charge is 0.352 e. The number of hydrogen-bond donors (Lipinski definition) is 2. The van der Waals surface area contributed by atoms with Crippen molar-refractivity contribution in [2.24, 2.45) is 5.92 Å². The summed E-state index contributed by atoms with van der Waals surface area (Å²) in [5, 5.41) is 5.85. The second-order valence-corrected chi connectivity index (χ2v) is 6.35. The third-order valence-electron chi connectivity index (χ3n) is 4.44. The summed E-state index contributed by atoms with van der Waals surface area (Å²) in [7, 11) is 0. The van der Waals surface area contributed by atoms with Gasteiger partial charge in [0, 0.05) is 24.6 Å². The SMILES string of the molecule is Cc1ccc(CNC(=O)CCC2Cc3ccccc3NC2=O)cc1. The lowest BCUT2D eigenvalue weighted by Crippen LogP contribution is -2.31. The number of fused-ring (bicyclic) bond motifs is 1. The zero-order valence-corrected chi connectivity index (χ0v) is 13.8. The molecule has 1 heterocycles. The molecule has 2 aromatic carbocycles. The molecule has 3 rings (SSSR count). The molecule has 0 spiro atoms. The van der Waals surface area contributed by atoms with E-state index in [-0.39, 0.29) is 17.7 Å². The van der Waals surface area contributed by atoms with Gasteiger partial charge in [0.1, 0.15) is 0 Å². The minimum Gasteiger partial charge on any atom is -0.352 e. The minimum atomic E-state index is -0.134. The highest BCUT2D eigenvalue weighted by molar-refractivity contribution is 5.96. The van der Waals surface area contributed by atoms with Crippen molar-refractivity contribution in [3.8, 4) is 0 Å². The number of nitrogens with one attached hydrogen (secondary N) is 2. The summed E-state index contributed by atoms with van der Waals surface area (Å²) in [4.78, 5) is 24.2. The Kier molecular flexibility index (Phi) is 4.94. The van der Waals surface area contributed by atoms with E-state index in [0.717, 1.165) is 16.8 Å². The van der Waals surface area contributed by atoms with E-state index < -0.39 is 0 Å². The number of para-hydroxylation sites is 1. The van der Waals surface area contributed by atoms with Crippen molar-refractivity contribution in [1.82, 2.24) is 5.32 Å². The van der Waals surface area contributed by atoms with Gasteiger partial charge in [0.25, 0.3) is 0 Å². The molecule has 0 saturated heterocycles. The predicted molar refractivity (Wildman–Crippen MR) is 94.5 cm³/mol. The molecule has 0 radical (unpaired) electrons. The Morgan fingerprint density at radius 2 is 1.92 bits per heavy atom. The number of hydrogen-bond acceptors (Lipinski definition) is 2. The molecule has 4 heteroatoms. The third kappa shape index (κ3) is 4.02. The van der Waals surface area contributed by atoms with Gasteiger partial charge in [0.2, 0.25) is 11.8 Å². The van der Waals surface area contributed by atoms with Gasteiger partial charge in [-0.25, -0.2) is 0 Å². The minimum absolute atomic E-state index is 0.0118. The summed E-state index contributed by atoms with van der Waals surface area (Å²) in [6, 6.07) is 15.9. The van der Waals surface area contributed by atoms with Gasteiger partial charge in [-0.2, -0.15) is 0 Å². The first-order chi connectivity index (χ1) is 11.6. The van der Waals surface area contributed by atoms with Crippen molar-refractivity contribution >= 4 is 17.5 Å². The van der Waals surface area contributed by atoms with Gasteiger partial charge in [0.15, 0.2) is 0 Å². The van der Waals surface area contributed by atoms with Crippen LogP contribution in [0.1, 0.15) is 29.5 Å². The van der Waals surface area contributed by atoms with Crippen LogP contribution in [0.4, 0.5) is 5.69 Å². The zero-order chi connectivity index (χ0) is 16.9. The molecule has 1 unspecified atom stereocenters. The van der Waals surface area contributed by atoms with Crippen LogP contribution in [0.5, 0.6) is 0 Å². The highest BCUT2D eigenvalue weighted by atomic mass is 16.2. The Bertz CT molecular complexity index is 738. The number of benzene rings is 2. The Hall–Kier alpha value is -2.62. The van der Waals surface area contributed by atoms with E-state index >= 15 is 0 Å². The first-order valence-corrected chi connectivity index (χ1v) is 8.33. The maximum Gasteiger partial charge on any atom is 0.227 e. The second kappa shape index (κ2) is 7.30. The lowest BCUT2D eigenvalue weighted by atomic mass is 9.89. The van der Waals surface area contributed by atoms with Crippen molar-refractivity contribution < 1.29 is 9.59 Å². The van der Waals surface area contributed by atoms with Gasteiger partial charge in [-0.3, -0.25) is 9.59 Å². The van der Waals surface area contributed by atoms with E-state index in [2.05, 4.69) is 10.6 Å². The van der Waals surface area contributed by atoms with Crippen LogP contribution in [-0.2, 0) is 22.6 Å². The summed E-state index contributed by atoms with van der Waals surface area (Å²) in [5.74, 6) is -0.132. The molecule has 2 aromatic rings. The second-order valence-electron chi connectivity index (χ2n) is 6.35. The standard InChI is InChI=1S/C20H22N2O2/c1-14-6-8-15(9-7-14)13-21-19(23)11-10-17-12-16-4-2-3-5-18(16)22-20(17)24/h2-9,17H,10-13H2,1H3,(H,21,23)(H,22,24). The van der Waals surface area contributed by atoms with Gasteiger partial charge in [0.05, 0.1) is 0 Å². The van der Waals surface area contributed by atoms with Crippen molar-refractivity contribution in [3.05, 3.63) is 65.2 Å². The molecular weight excluding hydrogens is 300 g/mol. The van der Waals surface area contributed by atoms with Crippen LogP contribution in [-0.4, -0.2) is 11.8 Å². The monoisotopic (exact) mass is 322 g/mol. The van der Waals surface area contributed by atoms with E-state index in [1.54, 1.807) is 0 Å². The molecule has 124 valence electrons.